The summed E-state index contributed by atoms with van der Waals surface area (Å²) < 4.78 is 11.2. The van der Waals surface area contributed by atoms with Gasteiger partial charge in [0, 0.05) is 49.1 Å². The summed E-state index contributed by atoms with van der Waals surface area (Å²) in [6, 6.07) is 8.49. The number of H-pyrrole nitrogens is 1. The molecule has 4 rings (SSSR count). The molecule has 6 heteroatoms. The van der Waals surface area contributed by atoms with Crippen LogP contribution in [0.4, 0.5) is 0 Å². The van der Waals surface area contributed by atoms with Crippen LogP contribution >= 0.6 is 0 Å². The number of nitrogens with zero attached hydrogens (tertiary/aromatic N) is 3. The Labute approximate surface area is 153 Å². The van der Waals surface area contributed by atoms with Crippen LogP contribution in [0, 0.1) is 0 Å². The lowest BCUT2D eigenvalue weighted by Crippen LogP contribution is -2.39. The second-order valence-electron chi connectivity index (χ2n) is 6.64. The van der Waals surface area contributed by atoms with E-state index >= 15 is 0 Å². The van der Waals surface area contributed by atoms with Crippen LogP contribution in [0.1, 0.15) is 18.4 Å². The third-order valence-corrected chi connectivity index (χ3v) is 5.01. The molecule has 1 aliphatic heterocycles. The minimum atomic E-state index is 0.171. The molecule has 3 aromatic rings. The van der Waals surface area contributed by atoms with Gasteiger partial charge in [-0.1, -0.05) is 18.2 Å². The van der Waals surface area contributed by atoms with Gasteiger partial charge in [0.25, 0.3) is 11.8 Å². The molecule has 3 heterocycles. The van der Waals surface area contributed by atoms with Gasteiger partial charge in [0.05, 0.1) is 7.11 Å². The number of aromatic amines is 1. The van der Waals surface area contributed by atoms with Crippen molar-refractivity contribution in [1.29, 1.82) is 0 Å². The number of piperidine rings is 1. The third-order valence-electron chi connectivity index (χ3n) is 5.01. The molecular weight excluding hydrogens is 328 g/mol. The molecule has 0 aliphatic carbocycles. The van der Waals surface area contributed by atoms with E-state index in [0.717, 1.165) is 38.9 Å². The molecule has 0 unspecified atom stereocenters. The van der Waals surface area contributed by atoms with Crippen LogP contribution in [0.3, 0.4) is 0 Å². The summed E-state index contributed by atoms with van der Waals surface area (Å²) in [5.41, 5.74) is 2.61. The maximum absolute atomic E-state index is 6.00. The Morgan fingerprint density at radius 2 is 1.88 bits per heavy atom. The number of aromatic nitrogens is 3. The molecule has 0 bridgehead atoms. The van der Waals surface area contributed by atoms with Crippen molar-refractivity contribution in [3.05, 3.63) is 48.4 Å². The van der Waals surface area contributed by atoms with Gasteiger partial charge in [-0.25, -0.2) is 9.97 Å². The van der Waals surface area contributed by atoms with E-state index in [-0.39, 0.29) is 6.10 Å². The fourth-order valence-electron chi connectivity index (χ4n) is 3.56. The number of ether oxygens (including phenoxy) is 2. The van der Waals surface area contributed by atoms with Gasteiger partial charge in [-0.2, -0.15) is 0 Å². The highest BCUT2D eigenvalue weighted by atomic mass is 16.5. The van der Waals surface area contributed by atoms with Gasteiger partial charge in [-0.15, -0.1) is 0 Å². The standard InChI is InChI=1S/C20H24N4O2/c1-25-19-20(22-10-9-21-19)26-16-7-12-24(13-8-16)11-6-15-14-23-18-5-3-2-4-17(15)18/h2-5,9-10,14,16,23H,6-8,11-13H2,1H3. The van der Waals surface area contributed by atoms with Gasteiger partial charge in [0.2, 0.25) is 0 Å². The van der Waals surface area contributed by atoms with Crippen LogP contribution in [0.25, 0.3) is 10.9 Å². The summed E-state index contributed by atoms with van der Waals surface area (Å²) in [6.45, 7) is 3.15. The maximum atomic E-state index is 6.00. The first-order valence-corrected chi connectivity index (χ1v) is 9.12. The molecule has 136 valence electrons. The van der Waals surface area contributed by atoms with Crippen molar-refractivity contribution in [3.63, 3.8) is 0 Å². The highest BCUT2D eigenvalue weighted by molar-refractivity contribution is 5.83. The number of nitrogens with one attached hydrogen (secondary N) is 1. The number of hydrogen-bond donors (Lipinski definition) is 1. The zero-order valence-electron chi connectivity index (χ0n) is 15.0. The molecular formula is C20H24N4O2. The highest BCUT2D eigenvalue weighted by Crippen LogP contribution is 2.24. The summed E-state index contributed by atoms with van der Waals surface area (Å²) in [4.78, 5) is 14.2. The SMILES string of the molecule is COc1nccnc1OC1CCN(CCc2c[nH]c3ccccc23)CC1. The second kappa shape index (κ2) is 7.74. The van der Waals surface area contributed by atoms with E-state index in [4.69, 9.17) is 9.47 Å². The highest BCUT2D eigenvalue weighted by Gasteiger charge is 2.22. The third kappa shape index (κ3) is 3.65. The Balaban J connectivity index is 1.28. The summed E-state index contributed by atoms with van der Waals surface area (Å²) in [5.74, 6) is 0.946. The van der Waals surface area contributed by atoms with Gasteiger partial charge < -0.3 is 19.4 Å². The average molecular weight is 352 g/mol. The zero-order chi connectivity index (χ0) is 17.8. The number of rotatable bonds is 6. The van der Waals surface area contributed by atoms with Gasteiger partial charge >= 0.3 is 0 Å². The molecule has 0 atom stereocenters. The number of benzene rings is 1. The molecule has 1 aromatic carbocycles. The predicted molar refractivity (Wildman–Crippen MR) is 101 cm³/mol. The van der Waals surface area contributed by atoms with Gasteiger partial charge in [-0.05, 0) is 30.9 Å². The minimum Gasteiger partial charge on any atom is -0.477 e. The lowest BCUT2D eigenvalue weighted by molar-refractivity contribution is 0.0939. The van der Waals surface area contributed by atoms with Crippen LogP contribution in [-0.2, 0) is 6.42 Å². The van der Waals surface area contributed by atoms with E-state index in [1.807, 2.05) is 0 Å². The molecule has 0 amide bonds. The molecule has 1 aliphatic rings. The quantitative estimate of drug-likeness (QED) is 0.739. The van der Waals surface area contributed by atoms with E-state index in [1.54, 1.807) is 19.5 Å². The molecule has 1 saturated heterocycles. The van der Waals surface area contributed by atoms with E-state index in [2.05, 4.69) is 50.3 Å². The zero-order valence-corrected chi connectivity index (χ0v) is 15.0. The lowest BCUT2D eigenvalue weighted by atomic mass is 10.1. The number of hydrogen-bond acceptors (Lipinski definition) is 5. The largest absolute Gasteiger partial charge is 0.477 e. The van der Waals surface area contributed by atoms with Crippen molar-refractivity contribution in [1.82, 2.24) is 19.9 Å². The summed E-state index contributed by atoms with van der Waals surface area (Å²) in [7, 11) is 1.59. The second-order valence-corrected chi connectivity index (χ2v) is 6.64. The Bertz CT molecular complexity index is 856. The maximum Gasteiger partial charge on any atom is 0.278 e. The van der Waals surface area contributed by atoms with Crippen molar-refractivity contribution in [2.75, 3.05) is 26.7 Å². The van der Waals surface area contributed by atoms with Gasteiger partial charge in [0.1, 0.15) is 6.10 Å². The molecule has 26 heavy (non-hydrogen) atoms. The number of fused-ring (bicyclic) bond motifs is 1. The summed E-state index contributed by atoms with van der Waals surface area (Å²) in [6.07, 6.45) is 8.60. The first-order valence-electron chi connectivity index (χ1n) is 9.12. The Kier molecular flexibility index (Phi) is 5.02. The molecule has 6 nitrogen and oxygen atoms in total. The number of methoxy groups -OCH3 is 1. The van der Waals surface area contributed by atoms with Crippen LogP contribution < -0.4 is 9.47 Å². The van der Waals surface area contributed by atoms with Crippen molar-refractivity contribution in [2.45, 2.75) is 25.4 Å². The van der Waals surface area contributed by atoms with Crippen LogP contribution in [0.2, 0.25) is 0 Å². The molecule has 0 saturated carbocycles. The molecule has 1 fully saturated rings. The van der Waals surface area contributed by atoms with Gasteiger partial charge in [-0.3, -0.25) is 0 Å². The predicted octanol–water partition coefficient (Wildman–Crippen LogP) is 3.05. The van der Waals surface area contributed by atoms with Crippen molar-refractivity contribution >= 4 is 10.9 Å². The lowest BCUT2D eigenvalue weighted by Gasteiger charge is -2.31. The summed E-state index contributed by atoms with van der Waals surface area (Å²) >= 11 is 0. The fraction of sp³-hybridized carbons (Fsp3) is 0.400. The van der Waals surface area contributed by atoms with Crippen LogP contribution in [0.5, 0.6) is 11.8 Å². The van der Waals surface area contributed by atoms with Crippen LogP contribution in [-0.4, -0.2) is 52.7 Å². The number of para-hydroxylation sites is 1. The number of likely N-dealkylation sites (tertiary alicyclic amines) is 1. The monoisotopic (exact) mass is 352 g/mol. The Hall–Kier alpha value is -2.60. The smallest absolute Gasteiger partial charge is 0.278 e. The topological polar surface area (TPSA) is 63.3 Å². The van der Waals surface area contributed by atoms with Crippen molar-refractivity contribution < 1.29 is 9.47 Å². The van der Waals surface area contributed by atoms with Gasteiger partial charge in [0.15, 0.2) is 0 Å². The van der Waals surface area contributed by atoms with E-state index < -0.39 is 0 Å². The van der Waals surface area contributed by atoms with Crippen LogP contribution in [0.15, 0.2) is 42.9 Å². The van der Waals surface area contributed by atoms with Crippen molar-refractivity contribution in [3.8, 4) is 11.8 Å². The first kappa shape index (κ1) is 16.8. The van der Waals surface area contributed by atoms with E-state index in [9.17, 15) is 0 Å². The molecule has 1 N–H and O–H groups in total. The molecule has 0 radical (unpaired) electrons. The summed E-state index contributed by atoms with van der Waals surface area (Å²) in [5, 5.41) is 1.33. The van der Waals surface area contributed by atoms with E-state index in [1.165, 1.54) is 16.5 Å². The first-order chi connectivity index (χ1) is 12.8. The molecule has 2 aromatic heterocycles. The van der Waals surface area contributed by atoms with E-state index in [0.29, 0.717) is 11.8 Å². The average Bonchev–Trinajstić information content (AvgIpc) is 3.11. The fourth-order valence-corrected chi connectivity index (χ4v) is 3.56. The normalized spacial score (nSPS) is 16.0. The minimum absolute atomic E-state index is 0.171. The Morgan fingerprint density at radius 3 is 2.69 bits per heavy atom. The molecule has 0 spiro atoms. The Morgan fingerprint density at radius 1 is 1.12 bits per heavy atom. The van der Waals surface area contributed by atoms with Crippen molar-refractivity contribution in [2.24, 2.45) is 0 Å².